The molecule has 1 aromatic carbocycles. The molecule has 1 saturated carbocycles. The molecule has 3 aromatic rings. The predicted octanol–water partition coefficient (Wildman–Crippen LogP) is 5.07. The highest BCUT2D eigenvalue weighted by molar-refractivity contribution is 5.71. The van der Waals surface area contributed by atoms with Crippen molar-refractivity contribution in [2.24, 2.45) is 5.92 Å². The number of benzene rings is 1. The highest BCUT2D eigenvalue weighted by atomic mass is 19.4. The number of aromatic nitrogens is 3. The lowest BCUT2D eigenvalue weighted by atomic mass is 9.77. The van der Waals surface area contributed by atoms with Gasteiger partial charge in [0.1, 0.15) is 11.3 Å². The molecular weight excluding hydrogens is 449 g/mol. The molecule has 4 rings (SSSR count). The quantitative estimate of drug-likeness (QED) is 0.476. The highest BCUT2D eigenvalue weighted by Gasteiger charge is 2.38. The van der Waals surface area contributed by atoms with E-state index in [1.165, 1.54) is 0 Å². The van der Waals surface area contributed by atoms with Crippen LogP contribution >= 0.6 is 0 Å². The molecule has 0 spiro atoms. The Hall–Kier alpha value is -3.53. The van der Waals surface area contributed by atoms with Gasteiger partial charge in [-0.25, -0.2) is 9.97 Å². The van der Waals surface area contributed by atoms with Crippen molar-refractivity contribution < 1.29 is 28.2 Å². The molecule has 1 aliphatic carbocycles. The Bertz CT molecular complexity index is 1190. The summed E-state index contributed by atoms with van der Waals surface area (Å²) in [5.41, 5.74) is 1.20. The second-order valence-electron chi connectivity index (χ2n) is 8.55. The Morgan fingerprint density at radius 3 is 2.44 bits per heavy atom. The summed E-state index contributed by atoms with van der Waals surface area (Å²) in [5, 5.41) is 23.0. The number of carboxylic acids is 1. The predicted molar refractivity (Wildman–Crippen MR) is 118 cm³/mol. The normalized spacial score (nSPS) is 20.7. The Morgan fingerprint density at radius 2 is 1.82 bits per heavy atom. The number of rotatable bonds is 5. The summed E-state index contributed by atoms with van der Waals surface area (Å²) in [6, 6.07) is 9.76. The number of carboxylic acid groups (broad SMARTS) is 1. The maximum Gasteiger partial charge on any atom is 0.433 e. The standard InChI is InChI=1S/C24H23F3N4O3/c1-14-10-17(12-18(11-14)30-22-28-9-6-20(31-22)24(25,26)27)16-2-3-19(29-13-16)23(34)7-4-15(5-8-23)21(32)33/h2-3,6,9-13,15,34H,4-5,7-8H2,1H3,(H,32,33)(H,28,30,31). The molecule has 7 nitrogen and oxygen atoms in total. The first-order valence-corrected chi connectivity index (χ1v) is 10.7. The van der Waals surface area contributed by atoms with Gasteiger partial charge in [0.05, 0.1) is 11.6 Å². The fourth-order valence-electron chi connectivity index (χ4n) is 4.17. The summed E-state index contributed by atoms with van der Waals surface area (Å²) in [6.45, 7) is 1.85. The van der Waals surface area contributed by atoms with Gasteiger partial charge in [-0.3, -0.25) is 9.78 Å². The number of hydrogen-bond acceptors (Lipinski definition) is 6. The average Bonchev–Trinajstić information content (AvgIpc) is 2.79. The van der Waals surface area contributed by atoms with Crippen LogP contribution in [0.1, 0.15) is 42.6 Å². The Balaban J connectivity index is 1.54. The largest absolute Gasteiger partial charge is 0.481 e. The number of nitrogens with zero attached hydrogens (tertiary/aromatic N) is 3. The van der Waals surface area contributed by atoms with Crippen LogP contribution in [0.2, 0.25) is 0 Å². The maximum atomic E-state index is 12.9. The molecule has 178 valence electrons. The van der Waals surface area contributed by atoms with Gasteiger partial charge in [-0.15, -0.1) is 0 Å². The van der Waals surface area contributed by atoms with Crippen LogP contribution in [0.15, 0.2) is 48.8 Å². The molecule has 0 atom stereocenters. The van der Waals surface area contributed by atoms with Crippen LogP contribution in [0, 0.1) is 12.8 Å². The van der Waals surface area contributed by atoms with Gasteiger partial charge in [-0.1, -0.05) is 12.1 Å². The second-order valence-corrected chi connectivity index (χ2v) is 8.55. The van der Waals surface area contributed by atoms with E-state index in [1.807, 2.05) is 19.1 Å². The molecule has 1 fully saturated rings. The Labute approximate surface area is 193 Å². The fraction of sp³-hybridized carbons (Fsp3) is 0.333. The third-order valence-electron chi connectivity index (χ3n) is 6.02. The maximum absolute atomic E-state index is 12.9. The first kappa shape index (κ1) is 23.6. The van der Waals surface area contributed by atoms with E-state index in [-0.39, 0.29) is 5.95 Å². The van der Waals surface area contributed by atoms with Crippen molar-refractivity contribution in [1.29, 1.82) is 0 Å². The van der Waals surface area contributed by atoms with E-state index in [9.17, 15) is 23.1 Å². The number of nitrogens with one attached hydrogen (secondary N) is 1. The Morgan fingerprint density at radius 1 is 1.09 bits per heavy atom. The topological polar surface area (TPSA) is 108 Å². The van der Waals surface area contributed by atoms with E-state index in [0.29, 0.717) is 37.1 Å². The van der Waals surface area contributed by atoms with Crippen LogP contribution in [0.4, 0.5) is 24.8 Å². The molecule has 0 amide bonds. The second kappa shape index (κ2) is 9.02. The van der Waals surface area contributed by atoms with E-state index in [1.54, 1.807) is 24.4 Å². The molecule has 0 saturated heterocycles. The molecule has 2 aromatic heterocycles. The third kappa shape index (κ3) is 5.17. The number of carbonyl (C=O) groups is 1. The van der Waals surface area contributed by atoms with Gasteiger partial charge in [0.25, 0.3) is 0 Å². The molecule has 1 aliphatic rings. The molecule has 34 heavy (non-hydrogen) atoms. The lowest BCUT2D eigenvalue weighted by Crippen LogP contribution is -2.34. The van der Waals surface area contributed by atoms with Crippen LogP contribution in [0.5, 0.6) is 0 Å². The summed E-state index contributed by atoms with van der Waals surface area (Å²) in [6.07, 6.45) is -0.471. The van der Waals surface area contributed by atoms with E-state index in [0.717, 1.165) is 29.0 Å². The van der Waals surface area contributed by atoms with Crippen molar-refractivity contribution >= 4 is 17.6 Å². The third-order valence-corrected chi connectivity index (χ3v) is 6.02. The van der Waals surface area contributed by atoms with Gasteiger partial charge in [0.2, 0.25) is 5.95 Å². The summed E-state index contributed by atoms with van der Waals surface area (Å²) >= 11 is 0. The van der Waals surface area contributed by atoms with Crippen molar-refractivity contribution in [1.82, 2.24) is 15.0 Å². The number of pyridine rings is 1. The highest BCUT2D eigenvalue weighted by Crippen LogP contribution is 2.39. The lowest BCUT2D eigenvalue weighted by Gasteiger charge is -2.34. The molecular formula is C24H23F3N4O3. The number of alkyl halides is 3. The van der Waals surface area contributed by atoms with Crippen LogP contribution in [-0.2, 0) is 16.6 Å². The van der Waals surface area contributed by atoms with Crippen molar-refractivity contribution in [3.63, 3.8) is 0 Å². The van der Waals surface area contributed by atoms with E-state index < -0.39 is 29.4 Å². The number of aliphatic hydroxyl groups is 1. The van der Waals surface area contributed by atoms with Crippen LogP contribution in [-0.4, -0.2) is 31.1 Å². The average molecular weight is 472 g/mol. The molecule has 0 radical (unpaired) electrons. The summed E-state index contributed by atoms with van der Waals surface area (Å²) in [4.78, 5) is 23.0. The minimum absolute atomic E-state index is 0.168. The van der Waals surface area contributed by atoms with Gasteiger partial charge in [0, 0.05) is 23.6 Å². The molecule has 0 aliphatic heterocycles. The zero-order valence-corrected chi connectivity index (χ0v) is 18.3. The van der Waals surface area contributed by atoms with E-state index >= 15 is 0 Å². The number of aliphatic carboxylic acids is 1. The minimum Gasteiger partial charge on any atom is -0.481 e. The van der Waals surface area contributed by atoms with Crippen LogP contribution in [0.25, 0.3) is 11.1 Å². The molecule has 2 heterocycles. The monoisotopic (exact) mass is 472 g/mol. The summed E-state index contributed by atoms with van der Waals surface area (Å²) < 4.78 is 38.8. The van der Waals surface area contributed by atoms with E-state index in [4.69, 9.17) is 5.11 Å². The zero-order chi connectivity index (χ0) is 24.5. The molecule has 0 unspecified atom stereocenters. The smallest absolute Gasteiger partial charge is 0.433 e. The van der Waals surface area contributed by atoms with Gasteiger partial charge >= 0.3 is 12.1 Å². The van der Waals surface area contributed by atoms with Crippen molar-refractivity contribution in [3.8, 4) is 11.1 Å². The lowest BCUT2D eigenvalue weighted by molar-refractivity contribution is -0.145. The summed E-state index contributed by atoms with van der Waals surface area (Å²) in [7, 11) is 0. The Kier molecular flexibility index (Phi) is 6.26. The molecule has 0 bridgehead atoms. The zero-order valence-electron chi connectivity index (χ0n) is 18.3. The van der Waals surface area contributed by atoms with Crippen molar-refractivity contribution in [2.45, 2.75) is 44.4 Å². The van der Waals surface area contributed by atoms with Crippen molar-refractivity contribution in [3.05, 3.63) is 65.7 Å². The van der Waals surface area contributed by atoms with Gasteiger partial charge in [-0.05, 0) is 68.0 Å². The molecule has 3 N–H and O–H groups in total. The summed E-state index contributed by atoms with van der Waals surface area (Å²) in [5.74, 6) is -1.46. The first-order valence-electron chi connectivity index (χ1n) is 10.7. The number of halogens is 3. The SMILES string of the molecule is Cc1cc(Nc2nccc(C(F)(F)F)n2)cc(-c2ccc(C3(O)CCC(C(=O)O)CC3)nc2)c1. The van der Waals surface area contributed by atoms with Gasteiger partial charge in [-0.2, -0.15) is 13.2 Å². The van der Waals surface area contributed by atoms with Crippen LogP contribution in [0.3, 0.4) is 0 Å². The number of anilines is 2. The fourth-order valence-corrected chi connectivity index (χ4v) is 4.17. The number of aryl methyl sites for hydroxylation is 1. The number of hydrogen-bond donors (Lipinski definition) is 3. The van der Waals surface area contributed by atoms with Gasteiger partial charge in [0.15, 0.2) is 0 Å². The molecule has 10 heteroatoms. The van der Waals surface area contributed by atoms with Crippen molar-refractivity contribution in [2.75, 3.05) is 5.32 Å². The first-order chi connectivity index (χ1) is 16.0. The van der Waals surface area contributed by atoms with E-state index in [2.05, 4.69) is 20.3 Å². The minimum atomic E-state index is -4.57. The van der Waals surface area contributed by atoms with Crippen LogP contribution < -0.4 is 5.32 Å². The van der Waals surface area contributed by atoms with Gasteiger partial charge < -0.3 is 15.5 Å².